The Labute approximate surface area is 141 Å². The molecule has 130 valence electrons. The van der Waals surface area contributed by atoms with Gasteiger partial charge in [0.25, 0.3) is 5.91 Å². The zero-order chi connectivity index (χ0) is 17.7. The first-order valence-corrected chi connectivity index (χ1v) is 8.32. The molecular formula is C18H24N2O4. The van der Waals surface area contributed by atoms with Gasteiger partial charge in [0, 0.05) is 18.2 Å². The summed E-state index contributed by atoms with van der Waals surface area (Å²) in [4.78, 5) is 35.2. The number of hydrogen-bond acceptors (Lipinski definition) is 3. The summed E-state index contributed by atoms with van der Waals surface area (Å²) in [5.74, 6) is -2.30. The fraction of sp³-hybridized carbons (Fsp3) is 0.500. The van der Waals surface area contributed by atoms with Gasteiger partial charge >= 0.3 is 5.97 Å². The summed E-state index contributed by atoms with van der Waals surface area (Å²) < 4.78 is 0. The highest BCUT2D eigenvalue weighted by Gasteiger charge is 2.41. The summed E-state index contributed by atoms with van der Waals surface area (Å²) in [5.41, 5.74) is 1.36. The molecule has 6 nitrogen and oxygen atoms in total. The van der Waals surface area contributed by atoms with Gasteiger partial charge in [-0.2, -0.15) is 0 Å². The molecule has 1 aliphatic rings. The molecule has 0 bridgehead atoms. The van der Waals surface area contributed by atoms with Gasteiger partial charge in [0.05, 0.1) is 11.8 Å². The van der Waals surface area contributed by atoms with E-state index < -0.39 is 17.8 Å². The average Bonchev–Trinajstić information content (AvgIpc) is 2.51. The minimum Gasteiger partial charge on any atom is -0.481 e. The molecule has 0 aromatic heterocycles. The van der Waals surface area contributed by atoms with Crippen LogP contribution in [0, 0.1) is 11.8 Å². The smallest absolute Gasteiger partial charge is 0.307 e. The fourth-order valence-electron chi connectivity index (χ4n) is 2.66. The van der Waals surface area contributed by atoms with Gasteiger partial charge in [-0.3, -0.25) is 14.4 Å². The Morgan fingerprint density at radius 3 is 2.54 bits per heavy atom. The van der Waals surface area contributed by atoms with Gasteiger partial charge in [0.1, 0.15) is 0 Å². The summed E-state index contributed by atoms with van der Waals surface area (Å²) in [6.07, 6.45) is 2.02. The molecule has 1 aromatic carbocycles. The Bertz CT molecular complexity index is 629. The number of carboxylic acids is 1. The van der Waals surface area contributed by atoms with Crippen LogP contribution in [0.2, 0.25) is 0 Å². The van der Waals surface area contributed by atoms with Crippen molar-refractivity contribution in [2.75, 3.05) is 0 Å². The average molecular weight is 332 g/mol. The van der Waals surface area contributed by atoms with Crippen LogP contribution in [0.15, 0.2) is 24.3 Å². The van der Waals surface area contributed by atoms with E-state index in [1.165, 1.54) is 0 Å². The van der Waals surface area contributed by atoms with Gasteiger partial charge in [0.15, 0.2) is 0 Å². The van der Waals surface area contributed by atoms with Crippen molar-refractivity contribution in [1.82, 2.24) is 10.6 Å². The maximum atomic E-state index is 12.1. The molecule has 0 heterocycles. The lowest BCUT2D eigenvalue weighted by Gasteiger charge is -2.31. The largest absolute Gasteiger partial charge is 0.481 e. The number of aliphatic carboxylic acids is 1. The van der Waals surface area contributed by atoms with Gasteiger partial charge in [0.2, 0.25) is 5.91 Å². The van der Waals surface area contributed by atoms with Crippen molar-refractivity contribution in [1.29, 1.82) is 0 Å². The summed E-state index contributed by atoms with van der Waals surface area (Å²) in [6, 6.07) is 7.18. The van der Waals surface area contributed by atoms with Crippen molar-refractivity contribution in [3.05, 3.63) is 35.4 Å². The Hall–Kier alpha value is -2.37. The van der Waals surface area contributed by atoms with Crippen molar-refractivity contribution in [2.24, 2.45) is 11.8 Å². The number of carbonyl (C=O) groups is 3. The Kier molecular flexibility index (Phi) is 5.95. The van der Waals surface area contributed by atoms with E-state index in [0.717, 1.165) is 12.0 Å². The summed E-state index contributed by atoms with van der Waals surface area (Å²) in [5, 5.41) is 14.7. The molecule has 1 fully saturated rings. The molecule has 0 spiro atoms. The first-order chi connectivity index (χ1) is 11.4. The molecule has 0 radical (unpaired) electrons. The standard InChI is InChI=1S/C18H24N2O4/c1-3-11(2)20-16(21)13-6-4-5-12(9-13)10-19-17(22)14-7-8-15(14)18(23)24/h4-6,9,11,14-15H,3,7-8,10H2,1-2H3,(H,19,22)(H,20,21)(H,23,24). The Balaban J connectivity index is 1.91. The molecule has 2 amide bonds. The van der Waals surface area contributed by atoms with Gasteiger partial charge in [-0.05, 0) is 43.9 Å². The van der Waals surface area contributed by atoms with Gasteiger partial charge in [-0.1, -0.05) is 19.1 Å². The van der Waals surface area contributed by atoms with E-state index in [1.54, 1.807) is 18.2 Å². The number of hydrogen-bond donors (Lipinski definition) is 3. The van der Waals surface area contributed by atoms with Crippen LogP contribution in [-0.4, -0.2) is 28.9 Å². The predicted molar refractivity (Wildman–Crippen MR) is 89.4 cm³/mol. The quantitative estimate of drug-likeness (QED) is 0.711. The van der Waals surface area contributed by atoms with Crippen LogP contribution in [0.5, 0.6) is 0 Å². The first-order valence-electron chi connectivity index (χ1n) is 8.32. The van der Waals surface area contributed by atoms with E-state index in [4.69, 9.17) is 5.11 Å². The van der Waals surface area contributed by atoms with E-state index in [-0.39, 0.29) is 24.4 Å². The molecule has 0 aliphatic heterocycles. The maximum absolute atomic E-state index is 12.1. The van der Waals surface area contributed by atoms with Gasteiger partial charge in [-0.25, -0.2) is 0 Å². The maximum Gasteiger partial charge on any atom is 0.307 e. The predicted octanol–water partition coefficient (Wildman–Crippen LogP) is 1.94. The minimum atomic E-state index is -0.912. The SMILES string of the molecule is CCC(C)NC(=O)c1cccc(CNC(=O)C2CCC2C(=O)O)c1. The molecule has 3 unspecified atom stereocenters. The number of carboxylic acid groups (broad SMARTS) is 1. The fourth-order valence-corrected chi connectivity index (χ4v) is 2.66. The van der Waals surface area contributed by atoms with E-state index in [1.807, 2.05) is 19.9 Å². The monoisotopic (exact) mass is 332 g/mol. The van der Waals surface area contributed by atoms with Crippen LogP contribution in [-0.2, 0) is 16.1 Å². The lowest BCUT2D eigenvalue weighted by Crippen LogP contribution is -2.43. The second-order valence-electron chi connectivity index (χ2n) is 6.33. The van der Waals surface area contributed by atoms with Crippen LogP contribution in [0.1, 0.15) is 49.0 Å². The third-order valence-electron chi connectivity index (χ3n) is 4.57. The highest BCUT2D eigenvalue weighted by molar-refractivity contribution is 5.94. The van der Waals surface area contributed by atoms with Crippen molar-refractivity contribution in [3.63, 3.8) is 0 Å². The van der Waals surface area contributed by atoms with Crippen LogP contribution < -0.4 is 10.6 Å². The van der Waals surface area contributed by atoms with E-state index in [9.17, 15) is 14.4 Å². The minimum absolute atomic E-state index is 0.104. The second-order valence-corrected chi connectivity index (χ2v) is 6.33. The normalized spacial score (nSPS) is 20.6. The molecule has 1 aromatic rings. The molecule has 2 rings (SSSR count). The molecule has 1 aliphatic carbocycles. The number of nitrogens with one attached hydrogen (secondary N) is 2. The number of amides is 2. The Morgan fingerprint density at radius 2 is 1.96 bits per heavy atom. The summed E-state index contributed by atoms with van der Waals surface area (Å²) >= 11 is 0. The molecular weight excluding hydrogens is 308 g/mol. The van der Waals surface area contributed by atoms with Crippen LogP contribution in [0.25, 0.3) is 0 Å². The van der Waals surface area contributed by atoms with Crippen molar-refractivity contribution >= 4 is 17.8 Å². The molecule has 3 atom stereocenters. The first kappa shape index (κ1) is 18.0. The highest BCUT2D eigenvalue weighted by atomic mass is 16.4. The lowest BCUT2D eigenvalue weighted by atomic mass is 9.73. The number of rotatable bonds is 7. The van der Waals surface area contributed by atoms with Crippen LogP contribution >= 0.6 is 0 Å². The van der Waals surface area contributed by atoms with Gasteiger partial charge in [-0.15, -0.1) is 0 Å². The third kappa shape index (κ3) is 4.34. The molecule has 1 saturated carbocycles. The van der Waals surface area contributed by atoms with E-state index in [0.29, 0.717) is 18.4 Å². The molecule has 3 N–H and O–H groups in total. The topological polar surface area (TPSA) is 95.5 Å². The second kappa shape index (κ2) is 7.95. The number of benzene rings is 1. The Morgan fingerprint density at radius 1 is 1.25 bits per heavy atom. The molecule has 6 heteroatoms. The molecule has 0 saturated heterocycles. The van der Waals surface area contributed by atoms with Crippen LogP contribution in [0.4, 0.5) is 0 Å². The van der Waals surface area contributed by atoms with Gasteiger partial charge < -0.3 is 15.7 Å². The zero-order valence-electron chi connectivity index (χ0n) is 14.0. The van der Waals surface area contributed by atoms with Crippen molar-refractivity contribution < 1.29 is 19.5 Å². The molecule has 24 heavy (non-hydrogen) atoms. The van der Waals surface area contributed by atoms with E-state index >= 15 is 0 Å². The highest BCUT2D eigenvalue weighted by Crippen LogP contribution is 2.34. The number of carbonyl (C=O) groups excluding carboxylic acids is 2. The third-order valence-corrected chi connectivity index (χ3v) is 4.57. The zero-order valence-corrected chi connectivity index (χ0v) is 14.0. The lowest BCUT2D eigenvalue weighted by molar-refractivity contribution is -0.152. The van der Waals surface area contributed by atoms with Crippen molar-refractivity contribution in [2.45, 2.75) is 45.7 Å². The van der Waals surface area contributed by atoms with E-state index in [2.05, 4.69) is 10.6 Å². The summed E-state index contributed by atoms with van der Waals surface area (Å²) in [7, 11) is 0. The summed E-state index contributed by atoms with van der Waals surface area (Å²) in [6.45, 7) is 4.23. The van der Waals surface area contributed by atoms with Crippen molar-refractivity contribution in [3.8, 4) is 0 Å². The van der Waals surface area contributed by atoms with Crippen LogP contribution in [0.3, 0.4) is 0 Å².